The Bertz CT molecular complexity index is 1300. The maximum Gasteiger partial charge on any atom is 0.342 e. The molecule has 0 unspecified atom stereocenters. The molecule has 0 saturated heterocycles. The largest absolute Gasteiger partial charge is 0.506 e. The SMILES string of the molecule is C/C(=N/NC(=O)c1ccc(C(=O)O)c([N+](=O)[O-])c1)c1csc(-c2ccc(C(C)(C)C)cc2)c1O. The van der Waals surface area contributed by atoms with Gasteiger partial charge in [0.25, 0.3) is 11.6 Å². The fourth-order valence-electron chi connectivity index (χ4n) is 3.20. The summed E-state index contributed by atoms with van der Waals surface area (Å²) in [6.07, 6.45) is 0. The van der Waals surface area contributed by atoms with Crippen LogP contribution < -0.4 is 5.43 Å². The second-order valence-electron chi connectivity index (χ2n) is 8.59. The maximum atomic E-state index is 12.4. The zero-order chi connectivity index (χ0) is 25.2. The first-order chi connectivity index (χ1) is 15.9. The number of carboxylic acids is 1. The number of nitrogens with one attached hydrogen (secondary N) is 1. The van der Waals surface area contributed by atoms with Gasteiger partial charge in [-0.15, -0.1) is 11.3 Å². The molecular weight excluding hydrogens is 458 g/mol. The van der Waals surface area contributed by atoms with Gasteiger partial charge >= 0.3 is 5.97 Å². The number of thiophene rings is 1. The molecule has 176 valence electrons. The van der Waals surface area contributed by atoms with Crippen LogP contribution in [0, 0.1) is 10.1 Å². The topological polar surface area (TPSA) is 142 Å². The highest BCUT2D eigenvalue weighted by molar-refractivity contribution is 7.14. The van der Waals surface area contributed by atoms with E-state index in [0.29, 0.717) is 16.2 Å². The van der Waals surface area contributed by atoms with Gasteiger partial charge in [-0.3, -0.25) is 14.9 Å². The molecule has 0 aliphatic carbocycles. The van der Waals surface area contributed by atoms with Crippen molar-refractivity contribution in [3.05, 3.63) is 80.2 Å². The minimum absolute atomic E-state index is 0.0109. The Hall–Kier alpha value is -4.05. The number of amides is 1. The summed E-state index contributed by atoms with van der Waals surface area (Å²) < 4.78 is 0. The number of carbonyl (C=O) groups excluding carboxylic acids is 1. The lowest BCUT2D eigenvalue weighted by Crippen LogP contribution is -2.19. The van der Waals surface area contributed by atoms with Gasteiger partial charge in [0.15, 0.2) is 0 Å². The zero-order valence-corrected chi connectivity index (χ0v) is 19.8. The Labute approximate surface area is 199 Å². The molecule has 10 heteroatoms. The lowest BCUT2D eigenvalue weighted by molar-refractivity contribution is -0.385. The molecule has 3 N–H and O–H groups in total. The monoisotopic (exact) mass is 481 g/mol. The van der Waals surface area contributed by atoms with Crippen molar-refractivity contribution in [2.45, 2.75) is 33.1 Å². The summed E-state index contributed by atoms with van der Waals surface area (Å²) in [5, 5.41) is 36.6. The van der Waals surface area contributed by atoms with Crippen LogP contribution in [-0.4, -0.2) is 32.7 Å². The highest BCUT2D eigenvalue weighted by Gasteiger charge is 2.22. The molecule has 9 nitrogen and oxygen atoms in total. The van der Waals surface area contributed by atoms with E-state index in [9.17, 15) is 24.8 Å². The Balaban J connectivity index is 1.81. The minimum atomic E-state index is -1.47. The van der Waals surface area contributed by atoms with Gasteiger partial charge in [0.1, 0.15) is 11.3 Å². The molecule has 0 fully saturated rings. The lowest BCUT2D eigenvalue weighted by atomic mass is 9.86. The molecule has 0 aliphatic heterocycles. The number of carboxylic acid groups (broad SMARTS) is 1. The molecule has 0 spiro atoms. The van der Waals surface area contributed by atoms with Crippen LogP contribution in [0.1, 0.15) is 59.5 Å². The van der Waals surface area contributed by atoms with E-state index in [1.807, 2.05) is 24.3 Å². The number of nitro benzene ring substituents is 1. The summed E-state index contributed by atoms with van der Waals surface area (Å²) in [6, 6.07) is 11.0. The summed E-state index contributed by atoms with van der Waals surface area (Å²) in [5.41, 5.74) is 3.75. The smallest absolute Gasteiger partial charge is 0.342 e. The van der Waals surface area contributed by atoms with E-state index in [2.05, 4.69) is 31.3 Å². The van der Waals surface area contributed by atoms with E-state index >= 15 is 0 Å². The van der Waals surface area contributed by atoms with Crippen LogP contribution in [0.4, 0.5) is 5.69 Å². The normalized spacial score (nSPS) is 11.8. The molecule has 3 aromatic rings. The summed E-state index contributed by atoms with van der Waals surface area (Å²) in [4.78, 5) is 34.5. The van der Waals surface area contributed by atoms with Crippen LogP contribution in [-0.2, 0) is 5.41 Å². The first-order valence-electron chi connectivity index (χ1n) is 10.2. The van der Waals surface area contributed by atoms with Gasteiger partial charge in [-0.2, -0.15) is 5.10 Å². The van der Waals surface area contributed by atoms with E-state index in [-0.39, 0.29) is 16.7 Å². The van der Waals surface area contributed by atoms with Crippen molar-refractivity contribution in [2.24, 2.45) is 5.10 Å². The van der Waals surface area contributed by atoms with Crippen LogP contribution in [0.3, 0.4) is 0 Å². The van der Waals surface area contributed by atoms with E-state index in [4.69, 9.17) is 5.11 Å². The average Bonchev–Trinajstić information content (AvgIpc) is 3.17. The van der Waals surface area contributed by atoms with Crippen molar-refractivity contribution in [1.82, 2.24) is 5.43 Å². The van der Waals surface area contributed by atoms with Gasteiger partial charge in [0.2, 0.25) is 0 Å². The Morgan fingerprint density at radius 1 is 1.09 bits per heavy atom. The molecule has 3 rings (SSSR count). The predicted octanol–water partition coefficient (Wildman–Crippen LogP) is 5.18. The molecule has 0 bridgehead atoms. The van der Waals surface area contributed by atoms with Crippen molar-refractivity contribution in [1.29, 1.82) is 0 Å². The highest BCUT2D eigenvalue weighted by atomic mass is 32.1. The highest BCUT2D eigenvalue weighted by Crippen LogP contribution is 2.39. The number of rotatable bonds is 6. The number of carbonyl (C=O) groups is 2. The second kappa shape index (κ2) is 9.44. The number of aromatic hydroxyl groups is 1. The summed E-state index contributed by atoms with van der Waals surface area (Å²) >= 11 is 1.34. The molecule has 0 radical (unpaired) electrons. The van der Waals surface area contributed by atoms with Gasteiger partial charge in [-0.1, -0.05) is 45.0 Å². The fourth-order valence-corrected chi connectivity index (χ4v) is 4.21. The van der Waals surface area contributed by atoms with E-state index in [0.717, 1.165) is 23.8 Å². The van der Waals surface area contributed by atoms with E-state index in [1.165, 1.54) is 16.9 Å². The summed E-state index contributed by atoms with van der Waals surface area (Å²) in [7, 11) is 0. The van der Waals surface area contributed by atoms with Gasteiger partial charge in [0.05, 0.1) is 21.1 Å². The molecule has 1 heterocycles. The van der Waals surface area contributed by atoms with Crippen LogP contribution in [0.25, 0.3) is 10.4 Å². The summed E-state index contributed by atoms with van der Waals surface area (Å²) in [5.74, 6) is -2.19. The van der Waals surface area contributed by atoms with Gasteiger partial charge in [0, 0.05) is 17.0 Å². The predicted molar refractivity (Wildman–Crippen MR) is 130 cm³/mol. The fraction of sp³-hybridized carbons (Fsp3) is 0.208. The van der Waals surface area contributed by atoms with Crippen molar-refractivity contribution in [3.8, 4) is 16.2 Å². The third kappa shape index (κ3) is 5.12. The van der Waals surface area contributed by atoms with Crippen molar-refractivity contribution >= 4 is 34.6 Å². The quantitative estimate of drug-likeness (QED) is 0.252. The van der Waals surface area contributed by atoms with Crippen LogP contribution in [0.5, 0.6) is 5.75 Å². The Morgan fingerprint density at radius 2 is 1.74 bits per heavy atom. The third-order valence-corrected chi connectivity index (χ3v) is 6.20. The Morgan fingerprint density at radius 3 is 2.29 bits per heavy atom. The lowest BCUT2D eigenvalue weighted by Gasteiger charge is -2.19. The molecule has 1 amide bonds. The van der Waals surface area contributed by atoms with E-state index in [1.54, 1.807) is 12.3 Å². The van der Waals surface area contributed by atoms with Crippen LogP contribution in [0.15, 0.2) is 52.9 Å². The number of hydrogen-bond donors (Lipinski definition) is 3. The van der Waals surface area contributed by atoms with Crippen molar-refractivity contribution in [3.63, 3.8) is 0 Å². The van der Waals surface area contributed by atoms with Crippen molar-refractivity contribution in [2.75, 3.05) is 0 Å². The van der Waals surface area contributed by atoms with Gasteiger partial charge in [-0.25, -0.2) is 10.2 Å². The number of hydrazone groups is 1. The molecule has 34 heavy (non-hydrogen) atoms. The molecule has 0 atom stereocenters. The van der Waals surface area contributed by atoms with Gasteiger partial charge in [-0.05, 0) is 35.6 Å². The number of aromatic carboxylic acids is 1. The molecule has 0 aliphatic rings. The van der Waals surface area contributed by atoms with Crippen LogP contribution >= 0.6 is 11.3 Å². The first kappa shape index (κ1) is 24.6. The molecule has 0 saturated carbocycles. The standard InChI is InChI=1S/C24H23N3O6S/c1-13(25-26-22(29)15-7-10-17(23(30)31)19(11-15)27(32)33)18-12-34-21(20(18)28)14-5-8-16(9-6-14)24(2,3)4/h5-12,28H,1-4H3,(H,26,29)(H,30,31)/b25-13-. The number of hydrogen-bond acceptors (Lipinski definition) is 7. The number of benzene rings is 2. The zero-order valence-electron chi connectivity index (χ0n) is 18.9. The minimum Gasteiger partial charge on any atom is -0.506 e. The van der Waals surface area contributed by atoms with Crippen molar-refractivity contribution < 1.29 is 24.7 Å². The molecular formula is C24H23N3O6S. The second-order valence-corrected chi connectivity index (χ2v) is 9.47. The molecule has 2 aromatic carbocycles. The van der Waals surface area contributed by atoms with Crippen LogP contribution in [0.2, 0.25) is 0 Å². The third-order valence-electron chi connectivity index (χ3n) is 5.18. The van der Waals surface area contributed by atoms with E-state index < -0.39 is 28.1 Å². The summed E-state index contributed by atoms with van der Waals surface area (Å²) in [6.45, 7) is 7.96. The first-order valence-corrected chi connectivity index (χ1v) is 11.1. The average molecular weight is 482 g/mol. The number of nitro groups is 1. The van der Waals surface area contributed by atoms with Gasteiger partial charge < -0.3 is 10.2 Å². The Kier molecular flexibility index (Phi) is 6.83. The molecule has 1 aromatic heterocycles. The maximum absolute atomic E-state index is 12.4. The number of nitrogens with zero attached hydrogens (tertiary/aromatic N) is 2.